The molecular formula is C34H77Br5MgO3Si4. The van der Waals surface area contributed by atoms with E-state index >= 15 is 0 Å². The van der Waals surface area contributed by atoms with Crippen LogP contribution in [-0.2, 0) is 13.3 Å². The van der Waals surface area contributed by atoms with E-state index in [0.29, 0.717) is 0 Å². The molecule has 0 N–H and O–H groups in total. The first-order valence-corrected chi connectivity index (χ1v) is 33.6. The summed E-state index contributed by atoms with van der Waals surface area (Å²) in [5, 5.41) is 4.44. The molecule has 0 unspecified atom stereocenters. The summed E-state index contributed by atoms with van der Waals surface area (Å²) in [5.74, 6) is 0. The van der Waals surface area contributed by atoms with Gasteiger partial charge in [-0.25, -0.2) is 0 Å². The second-order valence-electron chi connectivity index (χ2n) is 12.3. The van der Waals surface area contributed by atoms with Crippen molar-refractivity contribution in [3.05, 3.63) is 38.1 Å². The predicted molar refractivity (Wildman–Crippen MR) is 244 cm³/mol. The van der Waals surface area contributed by atoms with E-state index < -0.39 is 33.7 Å². The van der Waals surface area contributed by atoms with Crippen molar-refractivity contribution >= 4 is 121 Å². The third kappa shape index (κ3) is 79.2. The molecule has 0 fully saturated rings. The van der Waals surface area contributed by atoms with Gasteiger partial charge in [0, 0.05) is 41.1 Å². The van der Waals surface area contributed by atoms with Gasteiger partial charge < -0.3 is 36.8 Å². The summed E-state index contributed by atoms with van der Waals surface area (Å²) in [6.07, 6.45) is 10.8. The molecule has 47 heavy (non-hydrogen) atoms. The Hall–Kier alpha value is 3.13. The second-order valence-corrected chi connectivity index (χ2v) is 31.4. The minimum Gasteiger partial charge on any atom is -1.00 e. The van der Waals surface area contributed by atoms with E-state index in [1.807, 2.05) is 13.0 Å². The van der Waals surface area contributed by atoms with Gasteiger partial charge in [-0.3, -0.25) is 6.58 Å². The molecule has 0 aliphatic rings. The van der Waals surface area contributed by atoms with Crippen molar-refractivity contribution in [2.24, 2.45) is 0 Å². The maximum absolute atomic E-state index is 5.70. The third-order valence-electron chi connectivity index (χ3n) is 5.97. The molecule has 0 aromatic heterocycles. The van der Waals surface area contributed by atoms with Gasteiger partial charge >= 0.3 is 23.1 Å². The Morgan fingerprint density at radius 2 is 0.957 bits per heavy atom. The molecule has 0 aliphatic carbocycles. The van der Waals surface area contributed by atoms with Gasteiger partial charge in [0.05, 0.1) is 8.07 Å². The van der Waals surface area contributed by atoms with Gasteiger partial charge in [-0.05, 0) is 97.8 Å². The zero-order valence-electron chi connectivity index (χ0n) is 32.8. The van der Waals surface area contributed by atoms with Crippen molar-refractivity contribution in [1.29, 1.82) is 0 Å². The first-order valence-electron chi connectivity index (χ1n) is 16.8. The summed E-state index contributed by atoms with van der Waals surface area (Å²) >= 11 is 13.5. The molecule has 0 radical (unpaired) electrons. The first-order chi connectivity index (χ1) is 21.0. The van der Waals surface area contributed by atoms with Crippen LogP contribution >= 0.6 is 63.7 Å². The Morgan fingerprint density at radius 3 is 1.13 bits per heavy atom. The minimum absolute atomic E-state index is 0. The SMILES string of the molecule is C=CCCBr.C=C[Si](C)(C)CCCCBr.CCO[SiH](C)C.CCO[Si](C)(C)CCCCBr.CCO[Si](C)(C)CCCCBr.[Br-].[CH-]=C.[Mg+2]. The molecular weight excluding hydrogens is 993 g/mol. The summed E-state index contributed by atoms with van der Waals surface area (Å²) in [6.45, 7) is 41.5. The third-order valence-corrected chi connectivity index (χ3v) is 17.1. The van der Waals surface area contributed by atoms with Crippen LogP contribution in [-0.4, -0.2) is 97.9 Å². The van der Waals surface area contributed by atoms with Crippen LogP contribution in [0.1, 0.15) is 65.7 Å². The predicted octanol–water partition coefficient (Wildman–Crippen LogP) is 10.6. The summed E-state index contributed by atoms with van der Waals surface area (Å²) in [5.41, 5.74) is 2.18. The van der Waals surface area contributed by atoms with Crippen LogP contribution < -0.4 is 17.0 Å². The fourth-order valence-electron chi connectivity index (χ4n) is 3.40. The molecule has 0 spiro atoms. The Labute approximate surface area is 362 Å². The van der Waals surface area contributed by atoms with Gasteiger partial charge in [0.15, 0.2) is 25.7 Å². The zero-order chi connectivity index (χ0) is 36.6. The van der Waals surface area contributed by atoms with Gasteiger partial charge in [-0.2, -0.15) is 0 Å². The van der Waals surface area contributed by atoms with E-state index in [2.05, 4.69) is 162 Å². The van der Waals surface area contributed by atoms with Crippen molar-refractivity contribution in [2.75, 3.05) is 41.1 Å². The maximum atomic E-state index is 5.70. The zero-order valence-corrected chi connectivity index (χ0v) is 46.3. The van der Waals surface area contributed by atoms with Crippen LogP contribution in [0.4, 0.5) is 0 Å². The number of rotatable bonds is 21. The van der Waals surface area contributed by atoms with Crippen molar-refractivity contribution in [3.8, 4) is 0 Å². The molecule has 0 rings (SSSR count). The number of allylic oxidation sites excluding steroid dienone is 1. The molecule has 0 aliphatic heterocycles. The molecule has 0 aromatic rings. The largest absolute Gasteiger partial charge is 2.00 e. The number of halogens is 5. The van der Waals surface area contributed by atoms with E-state index in [4.69, 9.17) is 13.3 Å². The normalized spacial score (nSPS) is 10.2. The van der Waals surface area contributed by atoms with Gasteiger partial charge in [0.1, 0.15) is 0 Å². The Bertz CT molecular complexity index is 558. The van der Waals surface area contributed by atoms with E-state index in [1.54, 1.807) is 0 Å². The van der Waals surface area contributed by atoms with E-state index in [9.17, 15) is 0 Å². The second kappa shape index (κ2) is 53.5. The van der Waals surface area contributed by atoms with Gasteiger partial charge in [0.2, 0.25) is 0 Å². The van der Waals surface area contributed by atoms with Crippen molar-refractivity contribution < 1.29 is 30.3 Å². The van der Waals surface area contributed by atoms with Crippen LogP contribution in [0.3, 0.4) is 0 Å². The first kappa shape index (κ1) is 68.2. The Balaban J connectivity index is -0.0000000675. The molecule has 0 saturated carbocycles. The molecule has 0 aromatic carbocycles. The summed E-state index contributed by atoms with van der Waals surface area (Å²) < 4.78 is 16.6. The van der Waals surface area contributed by atoms with Crippen LogP contribution in [0, 0.1) is 6.58 Å². The maximum Gasteiger partial charge on any atom is 2.00 e. The topological polar surface area (TPSA) is 27.7 Å². The van der Waals surface area contributed by atoms with E-state index in [0.717, 1.165) is 47.6 Å². The monoisotopic (exact) mass is 1060 g/mol. The quantitative estimate of drug-likeness (QED) is 0.0377. The molecule has 0 saturated heterocycles. The molecule has 13 heteroatoms. The van der Waals surface area contributed by atoms with Crippen molar-refractivity contribution in [1.82, 2.24) is 0 Å². The standard InChI is InChI=1S/2C8H19BrOSi.C8H17BrSi.C4H7Br.C4H12OSi.C2H3.BrH.Mg/c2*1-4-10-11(2,3)8-6-5-7-9;1-4-10(2,3)8-6-5-7-9;1-2-3-4-5;1-4-5-6(2)3;1-2;;/h2*4-8H2,1-3H3;4H,1,5-8H2,2-3H3;2H,1,3-4H2;6H,4H2,1-3H3;1H,2H2;1H;/q;;;;;-1;;+2/p-1. The van der Waals surface area contributed by atoms with E-state index in [-0.39, 0.29) is 40.0 Å². The average Bonchev–Trinajstić information content (AvgIpc) is 2.96. The van der Waals surface area contributed by atoms with Crippen LogP contribution in [0.2, 0.25) is 70.5 Å². The molecule has 284 valence electrons. The summed E-state index contributed by atoms with van der Waals surface area (Å²) in [7, 11) is -4.16. The number of alkyl halides is 4. The number of hydrogen-bond donors (Lipinski definition) is 0. The fraction of sp³-hybridized carbons (Fsp3) is 0.824. The van der Waals surface area contributed by atoms with Crippen molar-refractivity contribution in [3.63, 3.8) is 0 Å². The summed E-state index contributed by atoms with van der Waals surface area (Å²) in [4.78, 5) is 0. The molecule has 0 atom stereocenters. The van der Waals surface area contributed by atoms with Crippen LogP contribution in [0.25, 0.3) is 0 Å². The Kier molecular flexibility index (Phi) is 77.6. The van der Waals surface area contributed by atoms with Crippen LogP contribution in [0.15, 0.2) is 31.5 Å². The summed E-state index contributed by atoms with van der Waals surface area (Å²) in [6, 6.07) is 3.99. The van der Waals surface area contributed by atoms with E-state index in [1.165, 1.54) is 56.7 Å². The van der Waals surface area contributed by atoms with Gasteiger partial charge in [-0.1, -0.05) is 108 Å². The number of hydrogen-bond acceptors (Lipinski definition) is 3. The molecule has 0 heterocycles. The minimum atomic E-state index is -1.26. The van der Waals surface area contributed by atoms with Gasteiger partial charge in [0.25, 0.3) is 0 Å². The molecule has 0 bridgehead atoms. The average molecular weight is 1070 g/mol. The smallest absolute Gasteiger partial charge is 1.00 e. The Morgan fingerprint density at radius 1 is 0.617 bits per heavy atom. The van der Waals surface area contributed by atoms with Gasteiger partial charge in [-0.15, -0.1) is 18.9 Å². The fourth-order valence-corrected chi connectivity index (χ4v) is 11.0. The molecule has 3 nitrogen and oxygen atoms in total. The van der Waals surface area contributed by atoms with Crippen molar-refractivity contribution in [2.45, 2.75) is 136 Å². The van der Waals surface area contributed by atoms with Crippen LogP contribution in [0.5, 0.6) is 0 Å². The molecule has 0 amide bonds. The number of unbranched alkanes of at least 4 members (excludes halogenated alkanes) is 3.